The molecule has 0 fully saturated rings. The highest BCUT2D eigenvalue weighted by Gasteiger charge is 2.18. The first-order valence-electron chi connectivity index (χ1n) is 5.46. The van der Waals surface area contributed by atoms with Gasteiger partial charge in [0.05, 0.1) is 12.8 Å². The van der Waals surface area contributed by atoms with Gasteiger partial charge in [0.25, 0.3) is 0 Å². The Morgan fingerprint density at radius 3 is 2.39 bits per heavy atom. The van der Waals surface area contributed by atoms with Crippen molar-refractivity contribution < 1.29 is 14.6 Å². The lowest BCUT2D eigenvalue weighted by atomic mass is 10.1. The van der Waals surface area contributed by atoms with Gasteiger partial charge in [0.2, 0.25) is 0 Å². The fraction of sp³-hybridized carbons (Fsp3) is 0.231. The van der Waals surface area contributed by atoms with E-state index in [-0.39, 0.29) is 5.69 Å². The summed E-state index contributed by atoms with van der Waals surface area (Å²) in [5.41, 5.74) is 2.46. The van der Waals surface area contributed by atoms with Crippen LogP contribution in [0, 0.1) is 6.92 Å². The number of ether oxygens (including phenoxy) is 1. The van der Waals surface area contributed by atoms with Gasteiger partial charge in [-0.1, -0.05) is 0 Å². The van der Waals surface area contributed by atoms with E-state index in [2.05, 4.69) is 5.10 Å². The van der Waals surface area contributed by atoms with E-state index >= 15 is 0 Å². The lowest BCUT2D eigenvalue weighted by Crippen LogP contribution is -2.00. The Hall–Kier alpha value is -2.30. The molecule has 0 bridgehead atoms. The fourth-order valence-corrected chi connectivity index (χ4v) is 1.99. The zero-order valence-corrected chi connectivity index (χ0v) is 10.5. The molecule has 1 N–H and O–H groups in total. The predicted molar refractivity (Wildman–Crippen MR) is 66.9 cm³/mol. The number of aromatic carboxylic acids is 1. The topological polar surface area (TPSA) is 64.3 Å². The van der Waals surface area contributed by atoms with Crippen molar-refractivity contribution in [1.29, 1.82) is 0 Å². The number of benzene rings is 1. The average Bonchev–Trinajstić information content (AvgIpc) is 2.65. The van der Waals surface area contributed by atoms with Crippen molar-refractivity contribution in [3.8, 4) is 17.0 Å². The maximum atomic E-state index is 11.0. The van der Waals surface area contributed by atoms with E-state index in [9.17, 15) is 4.79 Å². The number of aryl methyl sites for hydroxylation is 1. The van der Waals surface area contributed by atoms with Crippen molar-refractivity contribution in [2.24, 2.45) is 7.05 Å². The highest BCUT2D eigenvalue weighted by Crippen LogP contribution is 2.26. The number of hydrogen-bond donors (Lipinski definition) is 1. The lowest BCUT2D eigenvalue weighted by molar-refractivity contribution is 0.0689. The molecule has 2 rings (SSSR count). The molecule has 1 aromatic carbocycles. The van der Waals surface area contributed by atoms with Gasteiger partial charge in [0, 0.05) is 18.2 Å². The van der Waals surface area contributed by atoms with Crippen LogP contribution in [0.5, 0.6) is 5.75 Å². The first kappa shape index (κ1) is 12.2. The van der Waals surface area contributed by atoms with Crippen LogP contribution >= 0.6 is 0 Å². The van der Waals surface area contributed by atoms with Crippen LogP contribution in [0.2, 0.25) is 0 Å². The SMILES string of the molecule is COc1ccc(-c2c(C)c(C(=O)O)nn2C)cc1. The molecule has 1 heterocycles. The molecule has 0 spiro atoms. The van der Waals surface area contributed by atoms with Crippen LogP contribution in [-0.2, 0) is 7.05 Å². The number of nitrogens with zero attached hydrogens (tertiary/aromatic N) is 2. The summed E-state index contributed by atoms with van der Waals surface area (Å²) in [6.07, 6.45) is 0. The molecule has 0 unspecified atom stereocenters. The summed E-state index contributed by atoms with van der Waals surface area (Å²) in [6, 6.07) is 7.44. The molecule has 0 saturated carbocycles. The molecule has 0 atom stereocenters. The summed E-state index contributed by atoms with van der Waals surface area (Å²) < 4.78 is 6.68. The van der Waals surface area contributed by atoms with Crippen molar-refractivity contribution in [2.75, 3.05) is 7.11 Å². The van der Waals surface area contributed by atoms with Gasteiger partial charge in [-0.15, -0.1) is 0 Å². The summed E-state index contributed by atoms with van der Waals surface area (Å²) in [5.74, 6) is -0.250. The lowest BCUT2D eigenvalue weighted by Gasteiger charge is -2.05. The second kappa shape index (κ2) is 4.52. The van der Waals surface area contributed by atoms with E-state index < -0.39 is 5.97 Å². The summed E-state index contributed by atoms with van der Waals surface area (Å²) in [6.45, 7) is 1.76. The predicted octanol–water partition coefficient (Wildman–Crippen LogP) is 2.10. The van der Waals surface area contributed by atoms with Crippen LogP contribution in [0.15, 0.2) is 24.3 Å². The largest absolute Gasteiger partial charge is 0.497 e. The quantitative estimate of drug-likeness (QED) is 0.900. The van der Waals surface area contributed by atoms with Crippen molar-refractivity contribution >= 4 is 5.97 Å². The van der Waals surface area contributed by atoms with Crippen molar-refractivity contribution in [2.45, 2.75) is 6.92 Å². The average molecular weight is 246 g/mol. The van der Waals surface area contributed by atoms with Crippen LogP contribution in [0.1, 0.15) is 16.1 Å². The van der Waals surface area contributed by atoms with E-state index in [1.54, 1.807) is 25.8 Å². The molecule has 0 radical (unpaired) electrons. The van der Waals surface area contributed by atoms with Crippen molar-refractivity contribution in [1.82, 2.24) is 9.78 Å². The van der Waals surface area contributed by atoms with Crippen LogP contribution in [-0.4, -0.2) is 28.0 Å². The standard InChI is InChI=1S/C13H14N2O3/c1-8-11(13(16)17)14-15(2)12(8)9-4-6-10(18-3)7-5-9/h4-7H,1-3H3,(H,16,17). The number of rotatable bonds is 3. The first-order valence-corrected chi connectivity index (χ1v) is 5.46. The van der Waals surface area contributed by atoms with Gasteiger partial charge in [-0.2, -0.15) is 5.10 Å². The maximum absolute atomic E-state index is 11.0. The molecule has 0 saturated heterocycles. The monoisotopic (exact) mass is 246 g/mol. The van der Waals surface area contributed by atoms with E-state index in [0.717, 1.165) is 17.0 Å². The van der Waals surface area contributed by atoms with Crippen LogP contribution < -0.4 is 4.74 Å². The van der Waals surface area contributed by atoms with Gasteiger partial charge < -0.3 is 9.84 Å². The highest BCUT2D eigenvalue weighted by molar-refractivity contribution is 5.89. The van der Waals surface area contributed by atoms with Gasteiger partial charge >= 0.3 is 5.97 Å². The second-order valence-electron chi connectivity index (χ2n) is 3.98. The third kappa shape index (κ3) is 1.95. The molecule has 94 valence electrons. The molecule has 0 aliphatic heterocycles. The molecule has 5 nitrogen and oxygen atoms in total. The maximum Gasteiger partial charge on any atom is 0.356 e. The molecule has 0 amide bonds. The Morgan fingerprint density at radius 2 is 1.94 bits per heavy atom. The second-order valence-corrected chi connectivity index (χ2v) is 3.98. The van der Waals surface area contributed by atoms with Gasteiger partial charge in [-0.25, -0.2) is 4.79 Å². The molecular weight excluding hydrogens is 232 g/mol. The number of hydrogen-bond acceptors (Lipinski definition) is 3. The zero-order chi connectivity index (χ0) is 13.3. The normalized spacial score (nSPS) is 10.4. The molecule has 0 aliphatic carbocycles. The Labute approximate surface area is 105 Å². The Morgan fingerprint density at radius 1 is 1.33 bits per heavy atom. The van der Waals surface area contributed by atoms with Crippen molar-refractivity contribution in [3.05, 3.63) is 35.5 Å². The number of carboxylic acids is 1. The van der Waals surface area contributed by atoms with E-state index in [1.165, 1.54) is 0 Å². The zero-order valence-electron chi connectivity index (χ0n) is 10.5. The third-order valence-corrected chi connectivity index (χ3v) is 2.85. The Balaban J connectivity index is 2.53. The number of methoxy groups -OCH3 is 1. The number of aromatic nitrogens is 2. The first-order chi connectivity index (χ1) is 8.54. The smallest absolute Gasteiger partial charge is 0.356 e. The number of carbonyl (C=O) groups is 1. The Kier molecular flexibility index (Phi) is 3.06. The summed E-state index contributed by atoms with van der Waals surface area (Å²) in [5, 5.41) is 13.1. The van der Waals surface area contributed by atoms with E-state index in [1.807, 2.05) is 24.3 Å². The molecular formula is C13H14N2O3. The van der Waals surface area contributed by atoms with E-state index in [0.29, 0.717) is 5.56 Å². The molecule has 5 heteroatoms. The van der Waals surface area contributed by atoms with Crippen LogP contribution in [0.25, 0.3) is 11.3 Å². The van der Waals surface area contributed by atoms with Crippen molar-refractivity contribution in [3.63, 3.8) is 0 Å². The molecule has 18 heavy (non-hydrogen) atoms. The van der Waals surface area contributed by atoms with Gasteiger partial charge in [-0.3, -0.25) is 4.68 Å². The van der Waals surface area contributed by atoms with Gasteiger partial charge in [-0.05, 0) is 31.2 Å². The van der Waals surface area contributed by atoms with Crippen LogP contribution in [0.3, 0.4) is 0 Å². The fourth-order valence-electron chi connectivity index (χ4n) is 1.99. The summed E-state index contributed by atoms with van der Waals surface area (Å²) in [7, 11) is 3.34. The third-order valence-electron chi connectivity index (χ3n) is 2.85. The minimum absolute atomic E-state index is 0.0864. The van der Waals surface area contributed by atoms with Gasteiger partial charge in [0.1, 0.15) is 5.75 Å². The Bertz CT molecular complexity index is 585. The highest BCUT2D eigenvalue weighted by atomic mass is 16.5. The summed E-state index contributed by atoms with van der Waals surface area (Å²) in [4.78, 5) is 11.0. The van der Waals surface area contributed by atoms with Crippen LogP contribution in [0.4, 0.5) is 0 Å². The molecule has 0 aliphatic rings. The minimum atomic E-state index is -1.01. The minimum Gasteiger partial charge on any atom is -0.497 e. The summed E-state index contributed by atoms with van der Waals surface area (Å²) >= 11 is 0. The van der Waals surface area contributed by atoms with Gasteiger partial charge in [0.15, 0.2) is 5.69 Å². The molecule has 1 aromatic heterocycles. The van der Waals surface area contributed by atoms with E-state index in [4.69, 9.17) is 9.84 Å². The molecule has 2 aromatic rings. The number of carboxylic acid groups (broad SMARTS) is 1.